The topological polar surface area (TPSA) is 45.2 Å². The van der Waals surface area contributed by atoms with E-state index in [1.54, 1.807) is 18.3 Å². The van der Waals surface area contributed by atoms with Gasteiger partial charge in [-0.15, -0.1) is 0 Å². The SMILES string of the molecule is CN1CCc2c(cncc2C(=O)NCc2cccc(F)c2)C1. The molecule has 0 atom stereocenters. The van der Waals surface area contributed by atoms with Crippen LogP contribution in [0.1, 0.15) is 27.0 Å². The summed E-state index contributed by atoms with van der Waals surface area (Å²) in [6.07, 6.45) is 4.29. The van der Waals surface area contributed by atoms with E-state index in [1.807, 2.05) is 6.20 Å². The molecular formula is C17H18FN3O. The maximum atomic E-state index is 13.1. The Morgan fingerprint density at radius 3 is 3.09 bits per heavy atom. The highest BCUT2D eigenvalue weighted by Crippen LogP contribution is 2.20. The number of hydrogen-bond donors (Lipinski definition) is 1. The molecule has 0 spiro atoms. The molecule has 0 fully saturated rings. The minimum absolute atomic E-state index is 0.154. The van der Waals surface area contributed by atoms with Crippen molar-refractivity contribution in [3.63, 3.8) is 0 Å². The van der Waals surface area contributed by atoms with Gasteiger partial charge in [-0.25, -0.2) is 4.39 Å². The van der Waals surface area contributed by atoms with Gasteiger partial charge in [-0.1, -0.05) is 12.1 Å². The molecule has 1 aliphatic heterocycles. The number of aromatic nitrogens is 1. The third kappa shape index (κ3) is 3.14. The molecule has 4 nitrogen and oxygen atoms in total. The first-order chi connectivity index (χ1) is 10.6. The Kier molecular flexibility index (Phi) is 4.15. The molecule has 1 amide bonds. The molecule has 0 aliphatic carbocycles. The lowest BCUT2D eigenvalue weighted by Crippen LogP contribution is -2.30. The Morgan fingerprint density at radius 2 is 2.27 bits per heavy atom. The predicted octanol–water partition coefficient (Wildman–Crippen LogP) is 2.14. The molecule has 0 saturated heterocycles. The van der Waals surface area contributed by atoms with Crippen LogP contribution in [0, 0.1) is 5.82 Å². The summed E-state index contributed by atoms with van der Waals surface area (Å²) in [5, 5.41) is 2.84. The molecule has 114 valence electrons. The van der Waals surface area contributed by atoms with Crippen molar-refractivity contribution in [1.29, 1.82) is 0 Å². The van der Waals surface area contributed by atoms with E-state index in [4.69, 9.17) is 0 Å². The number of fused-ring (bicyclic) bond motifs is 1. The van der Waals surface area contributed by atoms with Crippen LogP contribution in [0.4, 0.5) is 4.39 Å². The summed E-state index contributed by atoms with van der Waals surface area (Å²) >= 11 is 0. The van der Waals surface area contributed by atoms with Gasteiger partial charge in [0, 0.05) is 32.0 Å². The van der Waals surface area contributed by atoms with Crippen LogP contribution in [-0.4, -0.2) is 29.4 Å². The van der Waals surface area contributed by atoms with Crippen molar-refractivity contribution in [2.45, 2.75) is 19.5 Å². The van der Waals surface area contributed by atoms with Gasteiger partial charge < -0.3 is 10.2 Å². The van der Waals surface area contributed by atoms with Crippen LogP contribution in [0.5, 0.6) is 0 Å². The monoisotopic (exact) mass is 299 g/mol. The number of hydrogen-bond acceptors (Lipinski definition) is 3. The van der Waals surface area contributed by atoms with Gasteiger partial charge in [0.1, 0.15) is 5.82 Å². The molecule has 2 heterocycles. The molecule has 3 rings (SSSR count). The number of nitrogens with zero attached hydrogens (tertiary/aromatic N) is 2. The second kappa shape index (κ2) is 6.23. The van der Waals surface area contributed by atoms with Crippen LogP contribution in [0.15, 0.2) is 36.7 Å². The molecule has 1 N–H and O–H groups in total. The van der Waals surface area contributed by atoms with Gasteiger partial charge in [0.05, 0.1) is 5.56 Å². The third-order valence-electron chi connectivity index (χ3n) is 3.92. The number of benzene rings is 1. The number of halogens is 1. The van der Waals surface area contributed by atoms with Gasteiger partial charge in [-0.3, -0.25) is 9.78 Å². The van der Waals surface area contributed by atoms with Crippen molar-refractivity contribution in [3.05, 3.63) is 64.7 Å². The summed E-state index contributed by atoms with van der Waals surface area (Å²) in [5.74, 6) is -0.452. The lowest BCUT2D eigenvalue weighted by Gasteiger charge is -2.26. The number of carbonyl (C=O) groups excluding carboxylic acids is 1. The fourth-order valence-corrected chi connectivity index (χ4v) is 2.75. The van der Waals surface area contributed by atoms with E-state index in [9.17, 15) is 9.18 Å². The fraction of sp³-hybridized carbons (Fsp3) is 0.294. The van der Waals surface area contributed by atoms with Gasteiger partial charge in [0.25, 0.3) is 5.91 Å². The number of rotatable bonds is 3. The molecule has 1 aromatic carbocycles. The largest absolute Gasteiger partial charge is 0.348 e. The fourth-order valence-electron chi connectivity index (χ4n) is 2.75. The van der Waals surface area contributed by atoms with E-state index >= 15 is 0 Å². The molecule has 22 heavy (non-hydrogen) atoms. The zero-order chi connectivity index (χ0) is 15.5. The molecule has 1 aliphatic rings. The van der Waals surface area contributed by atoms with E-state index < -0.39 is 0 Å². The maximum Gasteiger partial charge on any atom is 0.253 e. The van der Waals surface area contributed by atoms with Crippen molar-refractivity contribution < 1.29 is 9.18 Å². The predicted molar refractivity (Wildman–Crippen MR) is 81.8 cm³/mol. The average molecular weight is 299 g/mol. The van der Waals surface area contributed by atoms with Crippen LogP contribution in [0.3, 0.4) is 0 Å². The first-order valence-electron chi connectivity index (χ1n) is 7.30. The van der Waals surface area contributed by atoms with E-state index in [2.05, 4.69) is 22.2 Å². The lowest BCUT2D eigenvalue weighted by atomic mass is 9.97. The molecule has 5 heteroatoms. The minimum Gasteiger partial charge on any atom is -0.348 e. The Morgan fingerprint density at radius 1 is 1.41 bits per heavy atom. The Hall–Kier alpha value is -2.27. The Bertz CT molecular complexity index is 702. The van der Waals surface area contributed by atoms with E-state index in [1.165, 1.54) is 12.1 Å². The van der Waals surface area contributed by atoms with Gasteiger partial charge >= 0.3 is 0 Å². The van der Waals surface area contributed by atoms with E-state index in [0.29, 0.717) is 12.1 Å². The summed E-state index contributed by atoms with van der Waals surface area (Å²) in [6.45, 7) is 2.05. The van der Waals surface area contributed by atoms with Crippen LogP contribution in [0.2, 0.25) is 0 Å². The molecular weight excluding hydrogens is 281 g/mol. The third-order valence-corrected chi connectivity index (χ3v) is 3.92. The lowest BCUT2D eigenvalue weighted by molar-refractivity contribution is 0.0948. The molecule has 1 aromatic heterocycles. The van der Waals surface area contributed by atoms with Crippen molar-refractivity contribution in [2.75, 3.05) is 13.6 Å². The van der Waals surface area contributed by atoms with Crippen LogP contribution in [0.25, 0.3) is 0 Å². The van der Waals surface area contributed by atoms with Crippen LogP contribution >= 0.6 is 0 Å². The number of nitrogens with one attached hydrogen (secondary N) is 1. The summed E-state index contributed by atoms with van der Waals surface area (Å²) in [6, 6.07) is 6.24. The summed E-state index contributed by atoms with van der Waals surface area (Å²) in [5.41, 5.74) is 3.55. The highest BCUT2D eigenvalue weighted by atomic mass is 19.1. The standard InChI is InChI=1S/C17H18FN3O/c1-21-6-5-15-13(11-21)9-19-10-16(15)17(22)20-8-12-3-2-4-14(18)7-12/h2-4,7,9-10H,5-6,8,11H2,1H3,(H,20,22). The number of pyridine rings is 1. The highest BCUT2D eigenvalue weighted by molar-refractivity contribution is 5.95. The van der Waals surface area contributed by atoms with Crippen molar-refractivity contribution >= 4 is 5.91 Å². The number of amides is 1. The normalized spacial score (nSPS) is 14.5. The quantitative estimate of drug-likeness (QED) is 0.944. The Balaban J connectivity index is 1.74. The van der Waals surface area contributed by atoms with E-state index in [-0.39, 0.29) is 11.7 Å². The minimum atomic E-state index is -0.298. The number of carbonyl (C=O) groups is 1. The second-order valence-electron chi connectivity index (χ2n) is 5.63. The van der Waals surface area contributed by atoms with Gasteiger partial charge in [0.15, 0.2) is 0 Å². The van der Waals surface area contributed by atoms with Crippen LogP contribution < -0.4 is 5.32 Å². The van der Waals surface area contributed by atoms with Crippen LogP contribution in [-0.2, 0) is 19.5 Å². The zero-order valence-corrected chi connectivity index (χ0v) is 12.5. The summed E-state index contributed by atoms with van der Waals surface area (Å²) in [4.78, 5) is 18.8. The molecule has 0 bridgehead atoms. The molecule has 0 unspecified atom stereocenters. The van der Waals surface area contributed by atoms with E-state index in [0.717, 1.165) is 36.2 Å². The molecule has 0 saturated carbocycles. The first kappa shape index (κ1) is 14.7. The second-order valence-corrected chi connectivity index (χ2v) is 5.63. The van der Waals surface area contributed by atoms with Crippen molar-refractivity contribution in [1.82, 2.24) is 15.2 Å². The van der Waals surface area contributed by atoms with Crippen molar-refractivity contribution in [2.24, 2.45) is 0 Å². The summed E-state index contributed by atoms with van der Waals surface area (Å²) in [7, 11) is 2.06. The molecule has 2 aromatic rings. The Labute approximate surface area is 129 Å². The highest BCUT2D eigenvalue weighted by Gasteiger charge is 2.20. The average Bonchev–Trinajstić information content (AvgIpc) is 2.52. The maximum absolute atomic E-state index is 13.1. The van der Waals surface area contributed by atoms with Gasteiger partial charge in [0.2, 0.25) is 0 Å². The van der Waals surface area contributed by atoms with Crippen molar-refractivity contribution in [3.8, 4) is 0 Å². The zero-order valence-electron chi connectivity index (χ0n) is 12.5. The summed E-state index contributed by atoms with van der Waals surface area (Å²) < 4.78 is 13.1. The first-order valence-corrected chi connectivity index (χ1v) is 7.30. The molecule has 0 radical (unpaired) electrons. The number of likely N-dealkylation sites (N-methyl/N-ethyl adjacent to an activating group) is 1. The van der Waals surface area contributed by atoms with Gasteiger partial charge in [-0.2, -0.15) is 0 Å². The van der Waals surface area contributed by atoms with Gasteiger partial charge in [-0.05, 0) is 42.3 Å². The smallest absolute Gasteiger partial charge is 0.253 e.